The maximum Gasteiger partial charge on any atom is 0.266 e. The summed E-state index contributed by atoms with van der Waals surface area (Å²) in [5.41, 5.74) is 2.18. The van der Waals surface area contributed by atoms with E-state index in [0.29, 0.717) is 33.7 Å². The lowest BCUT2D eigenvalue weighted by Gasteiger charge is -2.10. The molecule has 0 spiro atoms. The van der Waals surface area contributed by atoms with Crippen LogP contribution in [0, 0.1) is 11.3 Å². The van der Waals surface area contributed by atoms with Crippen LogP contribution in [0.5, 0.6) is 5.75 Å². The van der Waals surface area contributed by atoms with Gasteiger partial charge in [0.15, 0.2) is 0 Å². The van der Waals surface area contributed by atoms with Crippen LogP contribution in [0.1, 0.15) is 11.1 Å². The van der Waals surface area contributed by atoms with Crippen LogP contribution in [0.3, 0.4) is 0 Å². The van der Waals surface area contributed by atoms with Crippen molar-refractivity contribution in [3.05, 3.63) is 112 Å². The van der Waals surface area contributed by atoms with Gasteiger partial charge in [0.1, 0.15) is 24.0 Å². The van der Waals surface area contributed by atoms with Gasteiger partial charge < -0.3 is 10.1 Å². The Kier molecular flexibility index (Phi) is 6.95. The summed E-state index contributed by atoms with van der Waals surface area (Å²) in [6, 6.07) is 27.8. The molecule has 1 N–H and O–H groups in total. The zero-order valence-corrected chi connectivity index (χ0v) is 18.9. The first-order valence-corrected chi connectivity index (χ1v) is 10.9. The van der Waals surface area contributed by atoms with Crippen LogP contribution in [-0.4, -0.2) is 5.91 Å². The van der Waals surface area contributed by atoms with Crippen LogP contribution in [0.15, 0.2) is 90.5 Å². The van der Waals surface area contributed by atoms with E-state index < -0.39 is 5.91 Å². The van der Waals surface area contributed by atoms with E-state index in [1.165, 1.54) is 6.08 Å². The average molecular weight is 473 g/mol. The number of hydrogen-bond donors (Lipinski definition) is 1. The van der Waals surface area contributed by atoms with Crippen molar-refractivity contribution < 1.29 is 9.53 Å². The third-order valence-corrected chi connectivity index (χ3v) is 5.52. The van der Waals surface area contributed by atoms with E-state index in [2.05, 4.69) is 5.32 Å². The molecule has 0 aliphatic rings. The maximum atomic E-state index is 12.8. The molecule has 0 saturated heterocycles. The summed E-state index contributed by atoms with van der Waals surface area (Å²) in [7, 11) is 0. The minimum absolute atomic E-state index is 0.0335. The highest BCUT2D eigenvalue weighted by atomic mass is 35.5. The first-order valence-electron chi connectivity index (χ1n) is 10.1. The van der Waals surface area contributed by atoms with Crippen molar-refractivity contribution in [2.75, 3.05) is 5.32 Å². The molecule has 0 radical (unpaired) electrons. The van der Waals surface area contributed by atoms with E-state index >= 15 is 0 Å². The Labute approximate surface area is 201 Å². The fourth-order valence-electron chi connectivity index (χ4n) is 3.30. The van der Waals surface area contributed by atoms with E-state index in [1.807, 2.05) is 54.6 Å². The highest BCUT2D eigenvalue weighted by molar-refractivity contribution is 6.32. The second-order valence-electron chi connectivity index (χ2n) is 7.26. The van der Waals surface area contributed by atoms with Gasteiger partial charge in [0, 0.05) is 16.1 Å². The number of benzene rings is 4. The van der Waals surface area contributed by atoms with Gasteiger partial charge in [-0.1, -0.05) is 77.8 Å². The summed E-state index contributed by atoms with van der Waals surface area (Å²) in [6.45, 7) is 0.336. The minimum Gasteiger partial charge on any atom is -0.487 e. The molecule has 4 rings (SSSR count). The van der Waals surface area contributed by atoms with Gasteiger partial charge in [0.25, 0.3) is 5.91 Å². The van der Waals surface area contributed by atoms with Crippen LogP contribution in [0.2, 0.25) is 10.0 Å². The SMILES string of the molecule is N#C/C(=C\c1ccc(OCc2ccc(Cl)cc2)c(Cl)c1)C(=O)Nc1cccc2ccccc12. The second kappa shape index (κ2) is 10.2. The molecule has 0 atom stereocenters. The molecule has 0 heterocycles. The number of fused-ring (bicyclic) bond motifs is 1. The van der Waals surface area contributed by atoms with E-state index in [4.69, 9.17) is 27.9 Å². The van der Waals surface area contributed by atoms with Crippen molar-refractivity contribution >= 4 is 51.6 Å². The number of halogens is 2. The number of nitriles is 1. The normalized spacial score (nSPS) is 11.1. The van der Waals surface area contributed by atoms with Crippen LogP contribution in [0.25, 0.3) is 16.8 Å². The van der Waals surface area contributed by atoms with Crippen molar-refractivity contribution in [3.8, 4) is 11.8 Å². The highest BCUT2D eigenvalue weighted by Crippen LogP contribution is 2.28. The van der Waals surface area contributed by atoms with Crippen molar-refractivity contribution in [3.63, 3.8) is 0 Å². The van der Waals surface area contributed by atoms with Gasteiger partial charge in [-0.15, -0.1) is 0 Å². The molecule has 0 aromatic heterocycles. The summed E-state index contributed by atoms with van der Waals surface area (Å²) in [4.78, 5) is 12.8. The third-order valence-electron chi connectivity index (χ3n) is 4.98. The van der Waals surface area contributed by atoms with Crippen molar-refractivity contribution in [2.24, 2.45) is 0 Å². The van der Waals surface area contributed by atoms with Gasteiger partial charge in [-0.2, -0.15) is 5.26 Å². The predicted octanol–water partition coefficient (Wildman–Crippen LogP) is 7.27. The molecule has 6 heteroatoms. The number of nitrogens with zero attached hydrogens (tertiary/aromatic N) is 1. The largest absolute Gasteiger partial charge is 0.487 e. The molecule has 0 aliphatic carbocycles. The van der Waals surface area contributed by atoms with Gasteiger partial charge in [0.05, 0.1) is 5.02 Å². The fourth-order valence-corrected chi connectivity index (χ4v) is 3.67. The van der Waals surface area contributed by atoms with Crippen LogP contribution in [-0.2, 0) is 11.4 Å². The smallest absolute Gasteiger partial charge is 0.266 e. The quantitative estimate of drug-likeness (QED) is 0.237. The number of anilines is 1. The van der Waals surface area contributed by atoms with Gasteiger partial charge >= 0.3 is 0 Å². The van der Waals surface area contributed by atoms with Crippen molar-refractivity contribution in [1.82, 2.24) is 0 Å². The topological polar surface area (TPSA) is 62.1 Å². The molecule has 4 nitrogen and oxygen atoms in total. The lowest BCUT2D eigenvalue weighted by Crippen LogP contribution is -2.13. The lowest BCUT2D eigenvalue weighted by molar-refractivity contribution is -0.112. The second-order valence-corrected chi connectivity index (χ2v) is 8.10. The maximum absolute atomic E-state index is 12.8. The molecular weight excluding hydrogens is 455 g/mol. The minimum atomic E-state index is -0.493. The van der Waals surface area contributed by atoms with Crippen molar-refractivity contribution in [1.29, 1.82) is 5.26 Å². The molecular formula is C27H18Cl2N2O2. The average Bonchev–Trinajstić information content (AvgIpc) is 2.83. The predicted molar refractivity (Wildman–Crippen MR) is 133 cm³/mol. The number of amides is 1. The summed E-state index contributed by atoms with van der Waals surface area (Å²) in [5, 5.41) is 15.3. The monoisotopic (exact) mass is 472 g/mol. The van der Waals surface area contributed by atoms with E-state index in [-0.39, 0.29) is 5.57 Å². The Morgan fingerprint density at radius 2 is 1.73 bits per heavy atom. The Balaban J connectivity index is 1.49. The Bertz CT molecular complexity index is 1380. The molecule has 4 aromatic carbocycles. The number of hydrogen-bond acceptors (Lipinski definition) is 3. The first kappa shape index (κ1) is 22.4. The van der Waals surface area contributed by atoms with Crippen LogP contribution >= 0.6 is 23.2 Å². The number of rotatable bonds is 6. The Morgan fingerprint density at radius 1 is 0.970 bits per heavy atom. The molecule has 0 bridgehead atoms. The number of nitrogens with one attached hydrogen (secondary N) is 1. The first-order chi connectivity index (χ1) is 16.0. The number of carbonyl (C=O) groups excluding carboxylic acids is 1. The number of ether oxygens (including phenoxy) is 1. The summed E-state index contributed by atoms with van der Waals surface area (Å²) in [6.07, 6.45) is 1.50. The zero-order valence-electron chi connectivity index (χ0n) is 17.4. The zero-order chi connectivity index (χ0) is 23.2. The molecule has 33 heavy (non-hydrogen) atoms. The molecule has 0 fully saturated rings. The van der Waals surface area contributed by atoms with Gasteiger partial charge in [-0.3, -0.25) is 4.79 Å². The third kappa shape index (κ3) is 5.53. The Hall–Kier alpha value is -3.78. The van der Waals surface area contributed by atoms with Gasteiger partial charge in [0.2, 0.25) is 0 Å². The van der Waals surface area contributed by atoms with Crippen LogP contribution < -0.4 is 10.1 Å². The molecule has 0 unspecified atom stereocenters. The van der Waals surface area contributed by atoms with E-state index in [0.717, 1.165) is 16.3 Å². The number of carbonyl (C=O) groups is 1. The lowest BCUT2D eigenvalue weighted by atomic mass is 10.1. The molecule has 1 amide bonds. The van der Waals surface area contributed by atoms with E-state index in [1.54, 1.807) is 36.4 Å². The molecule has 0 saturated carbocycles. The summed E-state index contributed by atoms with van der Waals surface area (Å²) >= 11 is 12.3. The molecule has 4 aromatic rings. The summed E-state index contributed by atoms with van der Waals surface area (Å²) in [5.74, 6) is 0.00974. The van der Waals surface area contributed by atoms with Gasteiger partial charge in [-0.05, 0) is 52.9 Å². The fraction of sp³-hybridized carbons (Fsp3) is 0.0370. The standard InChI is InChI=1S/C27H18Cl2N2O2/c28-22-11-8-18(9-12-22)17-33-26-13-10-19(15-24(26)29)14-21(16-30)27(32)31-25-7-3-5-20-4-1-2-6-23(20)25/h1-15H,17H2,(H,31,32)/b21-14+. The highest BCUT2D eigenvalue weighted by Gasteiger charge is 2.12. The Morgan fingerprint density at radius 3 is 2.48 bits per heavy atom. The molecule has 162 valence electrons. The van der Waals surface area contributed by atoms with Crippen LogP contribution in [0.4, 0.5) is 5.69 Å². The molecule has 0 aliphatic heterocycles. The van der Waals surface area contributed by atoms with Gasteiger partial charge in [-0.25, -0.2) is 0 Å². The van der Waals surface area contributed by atoms with Crippen molar-refractivity contribution in [2.45, 2.75) is 6.61 Å². The summed E-state index contributed by atoms with van der Waals surface area (Å²) < 4.78 is 5.78. The van der Waals surface area contributed by atoms with E-state index in [9.17, 15) is 10.1 Å².